The van der Waals surface area contributed by atoms with Crippen molar-refractivity contribution in [2.75, 3.05) is 5.75 Å². The average molecular weight is 304 g/mol. The first-order valence-corrected chi connectivity index (χ1v) is 7.87. The SMILES string of the molecule is Cc1ccc(CC(C)NC(=O)CSc2ncn[nH]2)c(C)c1. The van der Waals surface area contributed by atoms with Crippen LogP contribution in [0.1, 0.15) is 23.6 Å². The molecule has 0 bridgehead atoms. The molecule has 0 aliphatic carbocycles. The first-order chi connectivity index (χ1) is 10.0. The van der Waals surface area contributed by atoms with Crippen molar-refractivity contribution in [2.24, 2.45) is 0 Å². The number of hydrogen-bond acceptors (Lipinski definition) is 4. The van der Waals surface area contributed by atoms with Gasteiger partial charge in [-0.15, -0.1) is 0 Å². The number of carbonyl (C=O) groups excluding carboxylic acids is 1. The summed E-state index contributed by atoms with van der Waals surface area (Å²) in [5, 5.41) is 10.1. The van der Waals surface area contributed by atoms with E-state index in [9.17, 15) is 4.79 Å². The van der Waals surface area contributed by atoms with Crippen LogP contribution in [-0.2, 0) is 11.2 Å². The highest BCUT2D eigenvalue weighted by molar-refractivity contribution is 7.99. The lowest BCUT2D eigenvalue weighted by Gasteiger charge is -2.15. The summed E-state index contributed by atoms with van der Waals surface area (Å²) in [5.41, 5.74) is 3.81. The summed E-state index contributed by atoms with van der Waals surface area (Å²) in [6.45, 7) is 6.22. The zero-order valence-electron chi connectivity index (χ0n) is 12.5. The Balaban J connectivity index is 1.80. The first kappa shape index (κ1) is 15.6. The Morgan fingerprint density at radius 3 is 2.90 bits per heavy atom. The molecule has 0 aliphatic rings. The van der Waals surface area contributed by atoms with Gasteiger partial charge in [0, 0.05) is 6.04 Å². The molecule has 1 aromatic carbocycles. The Hall–Kier alpha value is -1.82. The quantitative estimate of drug-likeness (QED) is 0.803. The summed E-state index contributed by atoms with van der Waals surface area (Å²) in [4.78, 5) is 15.9. The van der Waals surface area contributed by atoms with E-state index in [1.807, 2.05) is 6.92 Å². The third-order valence-corrected chi connectivity index (χ3v) is 4.04. The predicted molar refractivity (Wildman–Crippen MR) is 84.3 cm³/mol. The van der Waals surface area contributed by atoms with Gasteiger partial charge in [-0.1, -0.05) is 35.5 Å². The summed E-state index contributed by atoms with van der Waals surface area (Å²) in [6.07, 6.45) is 2.27. The van der Waals surface area contributed by atoms with E-state index in [0.29, 0.717) is 10.9 Å². The van der Waals surface area contributed by atoms with Crippen LogP contribution in [0.4, 0.5) is 0 Å². The van der Waals surface area contributed by atoms with Crippen LogP contribution < -0.4 is 5.32 Å². The Morgan fingerprint density at radius 2 is 2.24 bits per heavy atom. The number of rotatable bonds is 6. The van der Waals surface area contributed by atoms with Gasteiger partial charge in [0.2, 0.25) is 5.91 Å². The molecule has 0 radical (unpaired) electrons. The highest BCUT2D eigenvalue weighted by atomic mass is 32.2. The van der Waals surface area contributed by atoms with E-state index in [2.05, 4.69) is 52.5 Å². The number of hydrogen-bond donors (Lipinski definition) is 2. The molecule has 1 unspecified atom stereocenters. The van der Waals surface area contributed by atoms with Crippen LogP contribution in [0.25, 0.3) is 0 Å². The Morgan fingerprint density at radius 1 is 1.43 bits per heavy atom. The number of nitrogens with one attached hydrogen (secondary N) is 2. The fraction of sp³-hybridized carbons (Fsp3) is 0.400. The van der Waals surface area contributed by atoms with Crippen LogP contribution in [0.3, 0.4) is 0 Å². The van der Waals surface area contributed by atoms with Gasteiger partial charge in [-0.25, -0.2) is 4.98 Å². The zero-order valence-corrected chi connectivity index (χ0v) is 13.3. The van der Waals surface area contributed by atoms with Gasteiger partial charge < -0.3 is 5.32 Å². The number of aromatic amines is 1. The molecule has 1 amide bonds. The average Bonchev–Trinajstić information content (AvgIpc) is 2.93. The van der Waals surface area contributed by atoms with Gasteiger partial charge in [-0.2, -0.15) is 5.10 Å². The van der Waals surface area contributed by atoms with Crippen molar-refractivity contribution in [3.8, 4) is 0 Å². The van der Waals surface area contributed by atoms with Crippen molar-refractivity contribution in [1.29, 1.82) is 0 Å². The van der Waals surface area contributed by atoms with E-state index >= 15 is 0 Å². The topological polar surface area (TPSA) is 70.7 Å². The third-order valence-electron chi connectivity index (χ3n) is 3.16. The lowest BCUT2D eigenvalue weighted by atomic mass is 10.00. The number of thioether (sulfide) groups is 1. The second-order valence-corrected chi connectivity index (χ2v) is 6.15. The van der Waals surface area contributed by atoms with Crippen molar-refractivity contribution >= 4 is 17.7 Å². The number of aryl methyl sites for hydroxylation is 2. The summed E-state index contributed by atoms with van der Waals surface area (Å²) < 4.78 is 0. The predicted octanol–water partition coefficient (Wildman–Crippen LogP) is 2.26. The van der Waals surface area contributed by atoms with E-state index in [1.165, 1.54) is 34.8 Å². The van der Waals surface area contributed by atoms with Crippen molar-refractivity contribution in [3.05, 3.63) is 41.2 Å². The largest absolute Gasteiger partial charge is 0.353 e. The molecule has 2 rings (SSSR count). The van der Waals surface area contributed by atoms with Gasteiger partial charge in [0.05, 0.1) is 5.75 Å². The number of aromatic nitrogens is 3. The summed E-state index contributed by atoms with van der Waals surface area (Å²) in [5.74, 6) is 0.348. The molecule has 6 heteroatoms. The number of H-pyrrole nitrogens is 1. The molecule has 2 aromatic rings. The second-order valence-electron chi connectivity index (χ2n) is 5.18. The smallest absolute Gasteiger partial charge is 0.230 e. The minimum atomic E-state index is 0.00802. The number of nitrogens with zero attached hydrogens (tertiary/aromatic N) is 2. The molecule has 0 saturated carbocycles. The molecule has 1 atom stereocenters. The molecule has 0 saturated heterocycles. The lowest BCUT2D eigenvalue weighted by molar-refractivity contribution is -0.119. The van der Waals surface area contributed by atoms with Crippen LogP contribution in [0, 0.1) is 13.8 Å². The highest BCUT2D eigenvalue weighted by Gasteiger charge is 2.10. The molecule has 0 spiro atoms. The van der Waals surface area contributed by atoms with E-state index in [-0.39, 0.29) is 11.9 Å². The first-order valence-electron chi connectivity index (χ1n) is 6.88. The third kappa shape index (κ3) is 4.90. The molecule has 21 heavy (non-hydrogen) atoms. The highest BCUT2D eigenvalue weighted by Crippen LogP contribution is 2.13. The maximum absolute atomic E-state index is 11.9. The maximum Gasteiger partial charge on any atom is 0.230 e. The van der Waals surface area contributed by atoms with E-state index < -0.39 is 0 Å². The van der Waals surface area contributed by atoms with Crippen LogP contribution in [0.5, 0.6) is 0 Å². The minimum Gasteiger partial charge on any atom is -0.353 e. The van der Waals surface area contributed by atoms with Crippen molar-refractivity contribution in [1.82, 2.24) is 20.5 Å². The standard InChI is InChI=1S/C15H20N4OS/c1-10-4-5-13(11(2)6-10)7-12(3)18-14(20)8-21-15-16-9-17-19-15/h4-6,9,12H,7-8H2,1-3H3,(H,18,20)(H,16,17,19). The molecule has 1 aromatic heterocycles. The monoisotopic (exact) mass is 304 g/mol. The summed E-state index contributed by atoms with van der Waals surface area (Å²) >= 11 is 1.35. The van der Waals surface area contributed by atoms with Gasteiger partial charge in [0.25, 0.3) is 0 Å². The Bertz CT molecular complexity index is 598. The second kappa shape index (κ2) is 7.26. The van der Waals surface area contributed by atoms with E-state index in [4.69, 9.17) is 0 Å². The lowest BCUT2D eigenvalue weighted by Crippen LogP contribution is -2.35. The molecule has 112 valence electrons. The van der Waals surface area contributed by atoms with Crippen molar-refractivity contribution < 1.29 is 4.79 Å². The zero-order chi connectivity index (χ0) is 15.2. The number of amides is 1. The Labute approximate surface area is 128 Å². The number of carbonyl (C=O) groups is 1. The molecule has 0 aliphatic heterocycles. The maximum atomic E-state index is 11.9. The van der Waals surface area contributed by atoms with Gasteiger partial charge >= 0.3 is 0 Å². The molecular weight excluding hydrogens is 284 g/mol. The van der Waals surface area contributed by atoms with Gasteiger partial charge in [0.1, 0.15) is 6.33 Å². The van der Waals surface area contributed by atoms with Gasteiger partial charge in [-0.05, 0) is 38.3 Å². The molecule has 2 N–H and O–H groups in total. The van der Waals surface area contributed by atoms with Crippen LogP contribution in [-0.4, -0.2) is 32.9 Å². The molecular formula is C15H20N4OS. The van der Waals surface area contributed by atoms with E-state index in [0.717, 1.165) is 6.42 Å². The van der Waals surface area contributed by atoms with Gasteiger partial charge in [-0.3, -0.25) is 9.89 Å². The fourth-order valence-electron chi connectivity index (χ4n) is 2.17. The van der Waals surface area contributed by atoms with E-state index in [1.54, 1.807) is 0 Å². The summed E-state index contributed by atoms with van der Waals surface area (Å²) in [6, 6.07) is 6.52. The fourth-order valence-corrected chi connectivity index (χ4v) is 2.76. The van der Waals surface area contributed by atoms with Crippen molar-refractivity contribution in [3.63, 3.8) is 0 Å². The molecule has 1 heterocycles. The van der Waals surface area contributed by atoms with Gasteiger partial charge in [0.15, 0.2) is 5.16 Å². The minimum absolute atomic E-state index is 0.00802. The van der Waals surface area contributed by atoms with Crippen LogP contribution >= 0.6 is 11.8 Å². The van der Waals surface area contributed by atoms with Crippen molar-refractivity contribution in [2.45, 2.75) is 38.4 Å². The van der Waals surface area contributed by atoms with Crippen LogP contribution in [0.2, 0.25) is 0 Å². The molecule has 5 nitrogen and oxygen atoms in total. The molecule has 0 fully saturated rings. The Kier molecular flexibility index (Phi) is 5.38. The number of benzene rings is 1. The normalized spacial score (nSPS) is 12.1. The van der Waals surface area contributed by atoms with Crippen LogP contribution in [0.15, 0.2) is 29.7 Å². The summed E-state index contributed by atoms with van der Waals surface area (Å²) in [7, 11) is 0.